The van der Waals surface area contributed by atoms with Gasteiger partial charge in [0.15, 0.2) is 5.92 Å². The summed E-state index contributed by atoms with van der Waals surface area (Å²) in [6.45, 7) is 3.66. The maximum atomic E-state index is 12.0. The van der Waals surface area contributed by atoms with Gasteiger partial charge in [-0.1, -0.05) is 30.3 Å². The number of hydrogen-bond donors (Lipinski definition) is 1. The second kappa shape index (κ2) is 5.65. The van der Waals surface area contributed by atoms with E-state index in [1.54, 1.807) is 13.8 Å². The molecule has 1 aromatic carbocycles. The van der Waals surface area contributed by atoms with E-state index >= 15 is 0 Å². The summed E-state index contributed by atoms with van der Waals surface area (Å²) in [5, 5.41) is 2.58. The smallest absolute Gasteiger partial charge is 0.321 e. The van der Waals surface area contributed by atoms with Crippen LogP contribution in [0.3, 0.4) is 0 Å². The molecule has 1 aromatic rings. The van der Waals surface area contributed by atoms with Gasteiger partial charge in [-0.05, 0) is 19.4 Å². The number of carbonyl (C=O) groups excluding carboxylic acids is 2. The highest BCUT2D eigenvalue weighted by atomic mass is 16.5. The first kappa shape index (κ1) is 13.3. The quantitative estimate of drug-likeness (QED) is 0.660. The third-order valence-corrected chi connectivity index (χ3v) is 2.92. The normalized spacial score (nSPS) is 22.4. The molecule has 0 spiro atoms. The first-order valence-electron chi connectivity index (χ1n) is 6.20. The van der Waals surface area contributed by atoms with Crippen molar-refractivity contribution in [3.63, 3.8) is 0 Å². The van der Waals surface area contributed by atoms with E-state index in [-0.39, 0.29) is 12.5 Å². The Balaban J connectivity index is 2.37. The van der Waals surface area contributed by atoms with Crippen molar-refractivity contribution < 1.29 is 14.3 Å². The van der Waals surface area contributed by atoms with Gasteiger partial charge >= 0.3 is 5.97 Å². The Kier molecular flexibility index (Phi) is 3.94. The third-order valence-electron chi connectivity index (χ3n) is 2.92. The minimum absolute atomic E-state index is 0.243. The molecule has 0 aliphatic carbocycles. The molecule has 0 fully saturated rings. The minimum atomic E-state index is -0.925. The van der Waals surface area contributed by atoms with Crippen molar-refractivity contribution in [3.8, 4) is 0 Å². The lowest BCUT2D eigenvalue weighted by Crippen LogP contribution is -2.45. The van der Waals surface area contributed by atoms with Crippen molar-refractivity contribution in [2.75, 3.05) is 6.61 Å². The highest BCUT2D eigenvalue weighted by molar-refractivity contribution is 6.08. The fourth-order valence-corrected chi connectivity index (χ4v) is 2.10. The van der Waals surface area contributed by atoms with Crippen molar-refractivity contribution in [2.45, 2.75) is 19.9 Å². The van der Waals surface area contributed by atoms with Crippen LogP contribution in [0.2, 0.25) is 0 Å². The maximum absolute atomic E-state index is 12.0. The van der Waals surface area contributed by atoms with E-state index in [0.717, 1.165) is 5.56 Å². The lowest BCUT2D eigenvalue weighted by atomic mass is 9.91. The summed E-state index contributed by atoms with van der Waals surface area (Å²) in [5.74, 6) is -1.31. The molecule has 2 rings (SSSR count). The predicted molar refractivity (Wildman–Crippen MR) is 70.6 cm³/mol. The van der Waals surface area contributed by atoms with E-state index in [4.69, 9.17) is 4.74 Å². The number of nitrogens with one attached hydrogen (secondary N) is 1. The second-order valence-corrected chi connectivity index (χ2v) is 4.29. The molecule has 1 aliphatic heterocycles. The van der Waals surface area contributed by atoms with Crippen LogP contribution in [0.4, 0.5) is 0 Å². The second-order valence-electron chi connectivity index (χ2n) is 4.29. The highest BCUT2D eigenvalue weighted by Crippen LogP contribution is 2.30. The average Bonchev–Trinajstić information content (AvgIpc) is 2.39. The number of aliphatic imine (C=N–C) groups is 1. The van der Waals surface area contributed by atoms with Gasteiger partial charge in [-0.2, -0.15) is 0 Å². The van der Waals surface area contributed by atoms with Gasteiger partial charge in [0.2, 0.25) is 5.91 Å². The molecule has 1 amide bonds. The highest BCUT2D eigenvalue weighted by Gasteiger charge is 2.39. The number of benzene rings is 1. The summed E-state index contributed by atoms with van der Waals surface area (Å²) in [7, 11) is 0. The van der Waals surface area contributed by atoms with E-state index in [1.807, 2.05) is 30.3 Å². The monoisotopic (exact) mass is 260 g/mol. The summed E-state index contributed by atoms with van der Waals surface area (Å²) in [6, 6.07) is 8.78. The van der Waals surface area contributed by atoms with Crippen molar-refractivity contribution in [3.05, 3.63) is 35.9 Å². The van der Waals surface area contributed by atoms with Crippen LogP contribution >= 0.6 is 0 Å². The van der Waals surface area contributed by atoms with E-state index in [2.05, 4.69) is 10.3 Å². The van der Waals surface area contributed by atoms with E-state index in [9.17, 15) is 9.59 Å². The largest absolute Gasteiger partial charge is 0.465 e. The number of hydrogen-bond acceptors (Lipinski definition) is 4. The van der Waals surface area contributed by atoms with Gasteiger partial charge in [-0.3, -0.25) is 14.6 Å². The Morgan fingerprint density at radius 1 is 1.37 bits per heavy atom. The van der Waals surface area contributed by atoms with Gasteiger partial charge in [0, 0.05) is 0 Å². The van der Waals surface area contributed by atoms with E-state index in [0.29, 0.717) is 5.84 Å². The fraction of sp³-hybridized carbons (Fsp3) is 0.357. The fourth-order valence-electron chi connectivity index (χ4n) is 2.10. The topological polar surface area (TPSA) is 67.8 Å². The molecule has 2 atom stereocenters. The Hall–Kier alpha value is -2.17. The van der Waals surface area contributed by atoms with E-state index < -0.39 is 17.9 Å². The molecular weight excluding hydrogens is 244 g/mol. The average molecular weight is 260 g/mol. The van der Waals surface area contributed by atoms with E-state index in [1.165, 1.54) is 0 Å². The van der Waals surface area contributed by atoms with Crippen LogP contribution in [0.25, 0.3) is 0 Å². The Morgan fingerprint density at radius 2 is 2.05 bits per heavy atom. The number of ether oxygens (including phenoxy) is 1. The number of nitrogens with zero attached hydrogens (tertiary/aromatic N) is 1. The Morgan fingerprint density at radius 3 is 2.68 bits per heavy atom. The zero-order valence-electron chi connectivity index (χ0n) is 10.9. The van der Waals surface area contributed by atoms with Crippen LogP contribution in [-0.4, -0.2) is 24.3 Å². The van der Waals surface area contributed by atoms with Gasteiger partial charge in [0.05, 0.1) is 12.6 Å². The molecule has 5 heteroatoms. The number of rotatable bonds is 3. The summed E-state index contributed by atoms with van der Waals surface area (Å²) < 4.78 is 4.97. The zero-order chi connectivity index (χ0) is 13.8. The van der Waals surface area contributed by atoms with Gasteiger partial charge in [0.1, 0.15) is 5.84 Å². The number of esters is 1. The lowest BCUT2D eigenvalue weighted by molar-refractivity contribution is -0.153. The molecule has 2 unspecified atom stereocenters. The molecule has 19 heavy (non-hydrogen) atoms. The summed E-state index contributed by atoms with van der Waals surface area (Å²) in [5.41, 5.74) is 0.828. The SMILES string of the molecule is CCOC(=O)C1C(=O)NC(C)=NC1c1ccccc1. The van der Waals surface area contributed by atoms with Crippen LogP contribution in [0, 0.1) is 5.92 Å². The Labute approximate surface area is 111 Å². The van der Waals surface area contributed by atoms with Crippen LogP contribution in [0.5, 0.6) is 0 Å². The summed E-state index contributed by atoms with van der Waals surface area (Å²) in [6.07, 6.45) is 0. The molecule has 1 N–H and O–H groups in total. The van der Waals surface area contributed by atoms with Crippen LogP contribution in [0.15, 0.2) is 35.3 Å². The number of amidine groups is 1. The number of amides is 1. The molecule has 0 aromatic heterocycles. The molecular formula is C14H16N2O3. The van der Waals surface area contributed by atoms with Gasteiger partial charge in [0.25, 0.3) is 0 Å². The van der Waals surface area contributed by atoms with Crippen molar-refractivity contribution in [1.29, 1.82) is 0 Å². The van der Waals surface area contributed by atoms with Crippen molar-refractivity contribution in [1.82, 2.24) is 5.32 Å². The molecule has 0 saturated carbocycles. The molecule has 0 saturated heterocycles. The first-order chi connectivity index (χ1) is 9.13. The van der Waals surface area contributed by atoms with Crippen LogP contribution in [-0.2, 0) is 14.3 Å². The van der Waals surface area contributed by atoms with Crippen molar-refractivity contribution >= 4 is 17.7 Å². The zero-order valence-corrected chi connectivity index (χ0v) is 10.9. The molecule has 5 nitrogen and oxygen atoms in total. The molecule has 0 radical (unpaired) electrons. The minimum Gasteiger partial charge on any atom is -0.465 e. The Bertz CT molecular complexity index is 511. The predicted octanol–water partition coefficient (Wildman–Crippen LogP) is 1.46. The lowest BCUT2D eigenvalue weighted by Gasteiger charge is -2.27. The summed E-state index contributed by atoms with van der Waals surface area (Å²) in [4.78, 5) is 28.3. The molecule has 1 aliphatic rings. The molecule has 0 bridgehead atoms. The van der Waals surface area contributed by atoms with Crippen LogP contribution in [0.1, 0.15) is 25.5 Å². The van der Waals surface area contributed by atoms with Gasteiger partial charge < -0.3 is 10.1 Å². The maximum Gasteiger partial charge on any atom is 0.321 e. The van der Waals surface area contributed by atoms with Crippen LogP contribution < -0.4 is 5.32 Å². The number of carbonyl (C=O) groups is 2. The molecule has 1 heterocycles. The molecule has 100 valence electrons. The first-order valence-corrected chi connectivity index (χ1v) is 6.20. The van der Waals surface area contributed by atoms with Crippen molar-refractivity contribution in [2.24, 2.45) is 10.9 Å². The summed E-state index contributed by atoms with van der Waals surface area (Å²) >= 11 is 0. The van der Waals surface area contributed by atoms with Gasteiger partial charge in [-0.25, -0.2) is 0 Å². The standard InChI is InChI=1S/C14H16N2O3/c1-3-19-14(18)11-12(10-7-5-4-6-8-10)15-9(2)16-13(11)17/h4-8,11-12H,3H2,1-2H3,(H,15,16,17). The van der Waals surface area contributed by atoms with Gasteiger partial charge in [-0.15, -0.1) is 0 Å². The third kappa shape index (κ3) is 2.81.